The predicted octanol–water partition coefficient (Wildman–Crippen LogP) is 3.84. The molecule has 0 unspecified atom stereocenters. The number of nitrogens with one attached hydrogen (secondary N) is 1. The molecule has 1 amide bonds. The minimum absolute atomic E-state index is 0.119. The van der Waals surface area contributed by atoms with Gasteiger partial charge in [-0.3, -0.25) is 9.69 Å². The number of aromatic nitrogens is 3. The molecule has 3 aromatic rings. The van der Waals surface area contributed by atoms with E-state index in [1.807, 2.05) is 49.9 Å². The lowest BCUT2D eigenvalue weighted by molar-refractivity contribution is -0.152. The van der Waals surface area contributed by atoms with Gasteiger partial charge >= 0.3 is 5.97 Å². The summed E-state index contributed by atoms with van der Waals surface area (Å²) in [5.41, 5.74) is 3.51. The van der Waals surface area contributed by atoms with Crippen LogP contribution in [0.4, 0.5) is 0 Å². The molecule has 0 radical (unpaired) electrons. The van der Waals surface area contributed by atoms with Crippen molar-refractivity contribution in [1.82, 2.24) is 25.2 Å². The molecule has 9 nitrogen and oxygen atoms in total. The Hall–Kier alpha value is -3.43. The number of ether oxygens (including phenoxy) is 1. The van der Waals surface area contributed by atoms with Crippen molar-refractivity contribution in [2.45, 2.75) is 53.3 Å². The SMILES string of the molecule is CNC(=O)CN(Cc1cc(C)c(OC(C)(C)C(=O)O)c(C)c1)Cc1nn(-c2cccc(Cl)c2)nc1C. The van der Waals surface area contributed by atoms with Crippen molar-refractivity contribution in [3.05, 3.63) is 69.5 Å². The molecule has 0 saturated heterocycles. The molecule has 0 aliphatic rings. The maximum Gasteiger partial charge on any atom is 0.347 e. The third kappa shape index (κ3) is 6.61. The number of carboxylic acids is 1. The van der Waals surface area contributed by atoms with Gasteiger partial charge in [-0.1, -0.05) is 29.8 Å². The Bertz CT molecular complexity index is 1250. The third-order valence-electron chi connectivity index (χ3n) is 5.73. The number of nitrogens with zero attached hydrogens (tertiary/aromatic N) is 4. The molecular weight excluding hydrogens is 482 g/mol. The second-order valence-electron chi connectivity index (χ2n) is 9.30. The molecule has 0 bridgehead atoms. The minimum Gasteiger partial charge on any atom is -0.478 e. The Kier molecular flexibility index (Phi) is 8.37. The number of benzene rings is 2. The number of hydrogen-bond donors (Lipinski definition) is 2. The van der Waals surface area contributed by atoms with Gasteiger partial charge in [0.1, 0.15) is 11.4 Å². The zero-order valence-electron chi connectivity index (χ0n) is 21.4. The summed E-state index contributed by atoms with van der Waals surface area (Å²) >= 11 is 6.12. The topological polar surface area (TPSA) is 110 Å². The van der Waals surface area contributed by atoms with E-state index in [2.05, 4.69) is 15.5 Å². The van der Waals surface area contributed by atoms with E-state index in [9.17, 15) is 14.7 Å². The Morgan fingerprint density at radius 3 is 2.36 bits per heavy atom. The van der Waals surface area contributed by atoms with E-state index in [1.165, 1.54) is 13.8 Å². The van der Waals surface area contributed by atoms with E-state index in [-0.39, 0.29) is 12.5 Å². The first-order valence-corrected chi connectivity index (χ1v) is 11.9. The highest BCUT2D eigenvalue weighted by atomic mass is 35.5. The largest absolute Gasteiger partial charge is 0.478 e. The van der Waals surface area contributed by atoms with Crippen molar-refractivity contribution in [2.75, 3.05) is 13.6 Å². The van der Waals surface area contributed by atoms with E-state index in [1.54, 1.807) is 24.0 Å². The van der Waals surface area contributed by atoms with Gasteiger partial charge in [-0.2, -0.15) is 15.0 Å². The molecule has 0 aliphatic carbocycles. The first kappa shape index (κ1) is 27.2. The van der Waals surface area contributed by atoms with Gasteiger partial charge in [-0.15, -0.1) is 0 Å². The highest BCUT2D eigenvalue weighted by Gasteiger charge is 2.30. The number of carboxylic acid groups (broad SMARTS) is 1. The van der Waals surface area contributed by atoms with Gasteiger partial charge in [-0.25, -0.2) is 4.79 Å². The van der Waals surface area contributed by atoms with Gasteiger partial charge in [0.05, 0.1) is 17.9 Å². The van der Waals surface area contributed by atoms with Crippen LogP contribution in [0.25, 0.3) is 5.69 Å². The standard InChI is InChI=1S/C26H32ClN5O4/c1-16-10-19(11-17(2)24(16)36-26(4,5)25(34)35)13-31(15-23(33)28-6)14-22-18(3)29-32(30-22)21-9-7-8-20(27)12-21/h7-12H,13-15H2,1-6H3,(H,28,33)(H,34,35). The fourth-order valence-electron chi connectivity index (χ4n) is 3.78. The van der Waals surface area contributed by atoms with Gasteiger partial charge in [0.25, 0.3) is 0 Å². The van der Waals surface area contributed by atoms with Crippen LogP contribution in [0.2, 0.25) is 5.02 Å². The normalized spacial score (nSPS) is 11.6. The second-order valence-corrected chi connectivity index (χ2v) is 9.73. The van der Waals surface area contributed by atoms with Gasteiger partial charge in [0.2, 0.25) is 5.91 Å². The van der Waals surface area contributed by atoms with Gasteiger partial charge in [-0.05, 0) is 69.5 Å². The van der Waals surface area contributed by atoms with E-state index in [0.29, 0.717) is 23.9 Å². The third-order valence-corrected chi connectivity index (χ3v) is 5.97. The number of rotatable bonds is 10. The van der Waals surface area contributed by atoms with E-state index in [0.717, 1.165) is 33.8 Å². The fourth-order valence-corrected chi connectivity index (χ4v) is 3.97. The summed E-state index contributed by atoms with van der Waals surface area (Å²) in [5, 5.41) is 21.9. The number of likely N-dealkylation sites (N-methyl/N-ethyl adjacent to an activating group) is 1. The molecule has 0 aliphatic heterocycles. The molecular formula is C26H32ClN5O4. The number of aliphatic carboxylic acids is 1. The maximum absolute atomic E-state index is 12.3. The van der Waals surface area contributed by atoms with Crippen molar-refractivity contribution in [1.29, 1.82) is 0 Å². The average Bonchev–Trinajstić information content (AvgIpc) is 3.16. The first-order chi connectivity index (χ1) is 16.9. The summed E-state index contributed by atoms with van der Waals surface area (Å²) in [4.78, 5) is 27.3. The van der Waals surface area contributed by atoms with Crippen LogP contribution in [0.5, 0.6) is 5.75 Å². The molecule has 192 valence electrons. The number of amides is 1. The van der Waals surface area contributed by atoms with Crippen LogP contribution in [-0.2, 0) is 22.7 Å². The van der Waals surface area contributed by atoms with Gasteiger partial charge in [0.15, 0.2) is 5.60 Å². The van der Waals surface area contributed by atoms with Crippen molar-refractivity contribution in [2.24, 2.45) is 0 Å². The Morgan fingerprint density at radius 2 is 1.78 bits per heavy atom. The van der Waals surface area contributed by atoms with Crippen LogP contribution in [0.15, 0.2) is 36.4 Å². The quantitative estimate of drug-likeness (QED) is 0.424. The van der Waals surface area contributed by atoms with Crippen molar-refractivity contribution in [3.63, 3.8) is 0 Å². The number of carbonyl (C=O) groups is 2. The van der Waals surface area contributed by atoms with Crippen molar-refractivity contribution >= 4 is 23.5 Å². The van der Waals surface area contributed by atoms with E-state index < -0.39 is 11.6 Å². The highest BCUT2D eigenvalue weighted by Crippen LogP contribution is 2.29. The molecule has 1 aromatic heterocycles. The molecule has 3 rings (SSSR count). The lowest BCUT2D eigenvalue weighted by atomic mass is 10.0. The van der Waals surface area contributed by atoms with Crippen LogP contribution >= 0.6 is 11.6 Å². The van der Waals surface area contributed by atoms with Crippen molar-refractivity contribution in [3.8, 4) is 11.4 Å². The summed E-state index contributed by atoms with van der Waals surface area (Å²) in [6.45, 7) is 9.73. The summed E-state index contributed by atoms with van der Waals surface area (Å²) in [5.74, 6) is -0.612. The second kappa shape index (κ2) is 11.1. The number of aryl methyl sites for hydroxylation is 3. The smallest absolute Gasteiger partial charge is 0.347 e. The minimum atomic E-state index is -1.35. The van der Waals surface area contributed by atoms with E-state index >= 15 is 0 Å². The number of halogens is 1. The number of hydrogen-bond acceptors (Lipinski definition) is 6. The Balaban J connectivity index is 1.86. The van der Waals surface area contributed by atoms with Gasteiger partial charge < -0.3 is 15.2 Å². The highest BCUT2D eigenvalue weighted by molar-refractivity contribution is 6.30. The first-order valence-electron chi connectivity index (χ1n) is 11.5. The molecule has 0 spiro atoms. The molecule has 2 aromatic carbocycles. The molecule has 36 heavy (non-hydrogen) atoms. The number of carbonyl (C=O) groups excluding carboxylic acids is 1. The molecule has 2 N–H and O–H groups in total. The summed E-state index contributed by atoms with van der Waals surface area (Å²) in [7, 11) is 1.60. The van der Waals surface area contributed by atoms with Crippen LogP contribution in [0.3, 0.4) is 0 Å². The molecule has 10 heteroatoms. The maximum atomic E-state index is 12.3. The lowest BCUT2D eigenvalue weighted by Gasteiger charge is -2.25. The van der Waals surface area contributed by atoms with Crippen molar-refractivity contribution < 1.29 is 19.4 Å². The van der Waals surface area contributed by atoms with Gasteiger partial charge in [0, 0.05) is 25.2 Å². The fraction of sp³-hybridized carbons (Fsp3) is 0.385. The summed E-state index contributed by atoms with van der Waals surface area (Å²) in [6, 6.07) is 11.2. The Labute approximate surface area is 216 Å². The summed E-state index contributed by atoms with van der Waals surface area (Å²) in [6.07, 6.45) is 0. The van der Waals surface area contributed by atoms with Crippen LogP contribution in [-0.4, -0.2) is 56.1 Å². The predicted molar refractivity (Wildman–Crippen MR) is 138 cm³/mol. The van der Waals surface area contributed by atoms with Crippen LogP contribution in [0.1, 0.15) is 41.9 Å². The lowest BCUT2D eigenvalue weighted by Crippen LogP contribution is -2.38. The summed E-state index contributed by atoms with van der Waals surface area (Å²) < 4.78 is 5.82. The van der Waals surface area contributed by atoms with Crippen LogP contribution < -0.4 is 10.1 Å². The molecule has 0 atom stereocenters. The average molecular weight is 514 g/mol. The monoisotopic (exact) mass is 513 g/mol. The molecule has 1 heterocycles. The van der Waals surface area contributed by atoms with E-state index in [4.69, 9.17) is 16.3 Å². The molecule has 0 saturated carbocycles. The zero-order chi connectivity index (χ0) is 26.6. The zero-order valence-corrected chi connectivity index (χ0v) is 22.2. The Morgan fingerprint density at radius 1 is 1.11 bits per heavy atom. The van der Waals surface area contributed by atoms with Crippen LogP contribution in [0, 0.1) is 20.8 Å². The molecule has 0 fully saturated rings.